The Balaban J connectivity index is 1.14. The molecule has 6 aromatic carbocycles. The van der Waals surface area contributed by atoms with Crippen molar-refractivity contribution in [2.45, 2.75) is 38.5 Å². The zero-order chi connectivity index (χ0) is 32.1. The second-order valence-electron chi connectivity index (χ2n) is 14.2. The molecule has 10 rings (SSSR count). The number of hydrogen-bond acceptors (Lipinski definition) is 0. The Morgan fingerprint density at radius 3 is 2.04 bits per heavy atom. The van der Waals surface area contributed by atoms with E-state index in [2.05, 4.69) is 176 Å². The van der Waals surface area contributed by atoms with Gasteiger partial charge in [-0.05, 0) is 94.4 Å². The molecule has 0 bridgehead atoms. The van der Waals surface area contributed by atoms with Crippen LogP contribution in [-0.2, 0) is 5.41 Å². The normalized spacial score (nSPS) is 16.2. The first kappa shape index (κ1) is 27.5. The third kappa shape index (κ3) is 3.75. The number of benzene rings is 6. The molecule has 48 heavy (non-hydrogen) atoms. The molecule has 1 unspecified atom stereocenters. The predicted molar refractivity (Wildman–Crippen MR) is 203 cm³/mol. The van der Waals surface area contributed by atoms with Gasteiger partial charge in [-0.25, -0.2) is 0 Å². The molecule has 0 spiro atoms. The van der Waals surface area contributed by atoms with E-state index in [1.54, 1.807) is 0 Å². The van der Waals surface area contributed by atoms with Crippen LogP contribution in [0.5, 0.6) is 0 Å². The summed E-state index contributed by atoms with van der Waals surface area (Å²) >= 11 is 0. The fourth-order valence-corrected chi connectivity index (χ4v) is 8.92. The molecular formula is C46H36N2. The molecule has 2 nitrogen and oxygen atoms in total. The van der Waals surface area contributed by atoms with Gasteiger partial charge in [0.2, 0.25) is 0 Å². The maximum atomic E-state index is 2.48. The summed E-state index contributed by atoms with van der Waals surface area (Å²) < 4.78 is 4.95. The molecule has 8 aromatic rings. The van der Waals surface area contributed by atoms with Gasteiger partial charge in [-0.15, -0.1) is 0 Å². The molecule has 230 valence electrons. The predicted octanol–water partition coefficient (Wildman–Crippen LogP) is 12.1. The van der Waals surface area contributed by atoms with Gasteiger partial charge in [0.15, 0.2) is 0 Å². The standard InChI is InChI=1S/C46H36N2/c1-29-25-31(27-39-37-17-9-12-20-43(37)48(45(29)39)32-13-5-4-6-14-32)30-21-24-44-38(26-30)36-16-8-11-19-42(36)47(44)33-22-23-35-34-15-7-10-18-40(34)46(2,3)41(35)28-33/h4-24,26-29H,25H2,1-3H3. The lowest BCUT2D eigenvalue weighted by Crippen LogP contribution is -2.15. The van der Waals surface area contributed by atoms with E-state index in [4.69, 9.17) is 0 Å². The first-order valence-corrected chi connectivity index (χ1v) is 17.2. The first-order chi connectivity index (χ1) is 23.5. The molecule has 0 radical (unpaired) electrons. The summed E-state index contributed by atoms with van der Waals surface area (Å²) in [5.74, 6) is 0.378. The molecule has 2 aliphatic rings. The van der Waals surface area contributed by atoms with Crippen LogP contribution in [0, 0.1) is 0 Å². The van der Waals surface area contributed by atoms with Crippen LogP contribution in [0.2, 0.25) is 0 Å². The zero-order valence-corrected chi connectivity index (χ0v) is 27.5. The summed E-state index contributed by atoms with van der Waals surface area (Å²) in [4.78, 5) is 0. The van der Waals surface area contributed by atoms with Gasteiger partial charge >= 0.3 is 0 Å². The van der Waals surface area contributed by atoms with Gasteiger partial charge in [-0.2, -0.15) is 0 Å². The minimum atomic E-state index is -0.0412. The van der Waals surface area contributed by atoms with E-state index < -0.39 is 0 Å². The smallest absolute Gasteiger partial charge is 0.0541 e. The van der Waals surface area contributed by atoms with Crippen molar-refractivity contribution >= 4 is 44.4 Å². The number of allylic oxidation sites excluding steroid dienone is 1. The zero-order valence-electron chi connectivity index (χ0n) is 27.5. The summed E-state index contributed by atoms with van der Waals surface area (Å²) in [5.41, 5.74) is 17.2. The van der Waals surface area contributed by atoms with Crippen LogP contribution < -0.4 is 0 Å². The summed E-state index contributed by atoms with van der Waals surface area (Å²) in [7, 11) is 0. The maximum absolute atomic E-state index is 2.48. The highest BCUT2D eigenvalue weighted by molar-refractivity contribution is 6.11. The highest BCUT2D eigenvalue weighted by atomic mass is 15.0. The van der Waals surface area contributed by atoms with Gasteiger partial charge in [0.1, 0.15) is 0 Å². The molecule has 2 heteroatoms. The Labute approximate surface area is 281 Å². The van der Waals surface area contributed by atoms with Crippen molar-refractivity contribution in [2.24, 2.45) is 0 Å². The van der Waals surface area contributed by atoms with Crippen molar-refractivity contribution < 1.29 is 0 Å². The fraction of sp³-hybridized carbons (Fsp3) is 0.130. The Bertz CT molecular complexity index is 2630. The van der Waals surface area contributed by atoms with Crippen LogP contribution in [0.25, 0.3) is 66.9 Å². The quantitative estimate of drug-likeness (QED) is 0.187. The molecular weight excluding hydrogens is 581 g/mol. The van der Waals surface area contributed by atoms with E-state index in [-0.39, 0.29) is 5.41 Å². The van der Waals surface area contributed by atoms with Gasteiger partial charge in [0, 0.05) is 50.1 Å². The van der Waals surface area contributed by atoms with E-state index >= 15 is 0 Å². The number of rotatable bonds is 3. The Kier molecular flexibility index (Phi) is 5.70. The molecule has 0 amide bonds. The lowest BCUT2D eigenvalue weighted by atomic mass is 9.82. The molecule has 1 atom stereocenters. The molecule has 0 aliphatic heterocycles. The van der Waals surface area contributed by atoms with Gasteiger partial charge in [-0.1, -0.05) is 112 Å². The monoisotopic (exact) mass is 616 g/mol. The molecule has 2 heterocycles. The minimum Gasteiger partial charge on any atom is -0.313 e. The Morgan fingerprint density at radius 1 is 0.542 bits per heavy atom. The van der Waals surface area contributed by atoms with Crippen LogP contribution in [0.4, 0.5) is 0 Å². The van der Waals surface area contributed by atoms with Crippen molar-refractivity contribution in [1.82, 2.24) is 9.13 Å². The fourth-order valence-electron chi connectivity index (χ4n) is 8.92. The van der Waals surface area contributed by atoms with Crippen molar-refractivity contribution in [2.75, 3.05) is 0 Å². The van der Waals surface area contributed by atoms with E-state index in [0.717, 1.165) is 6.42 Å². The topological polar surface area (TPSA) is 9.86 Å². The van der Waals surface area contributed by atoms with Crippen LogP contribution >= 0.6 is 0 Å². The third-order valence-electron chi connectivity index (χ3n) is 11.1. The largest absolute Gasteiger partial charge is 0.313 e. The molecule has 0 saturated heterocycles. The Morgan fingerprint density at radius 2 is 1.21 bits per heavy atom. The van der Waals surface area contributed by atoms with Gasteiger partial charge in [-0.3, -0.25) is 0 Å². The van der Waals surface area contributed by atoms with Gasteiger partial charge < -0.3 is 9.13 Å². The van der Waals surface area contributed by atoms with Crippen molar-refractivity contribution in [3.8, 4) is 22.5 Å². The third-order valence-corrected chi connectivity index (χ3v) is 11.1. The SMILES string of the molecule is CC1CC(c2ccc3c(c2)c2ccccc2n3-c2ccc3c(c2)C(C)(C)c2ccccc2-3)=Cc2c1n(-c1ccccc1)c1ccccc21. The summed E-state index contributed by atoms with van der Waals surface area (Å²) in [6, 6.07) is 51.7. The summed E-state index contributed by atoms with van der Waals surface area (Å²) in [6.45, 7) is 7.12. The second-order valence-corrected chi connectivity index (χ2v) is 14.2. The summed E-state index contributed by atoms with van der Waals surface area (Å²) in [5, 5.41) is 3.92. The van der Waals surface area contributed by atoms with Crippen LogP contribution in [0.3, 0.4) is 0 Å². The summed E-state index contributed by atoms with van der Waals surface area (Å²) in [6.07, 6.45) is 3.47. The first-order valence-electron chi connectivity index (χ1n) is 17.2. The molecule has 0 saturated carbocycles. The molecule has 0 fully saturated rings. The van der Waals surface area contributed by atoms with Gasteiger partial charge in [0.25, 0.3) is 0 Å². The maximum Gasteiger partial charge on any atom is 0.0541 e. The number of nitrogens with zero attached hydrogens (tertiary/aromatic N) is 2. The van der Waals surface area contributed by atoms with E-state index in [9.17, 15) is 0 Å². The van der Waals surface area contributed by atoms with Crippen molar-refractivity contribution in [3.05, 3.63) is 167 Å². The highest BCUT2D eigenvalue weighted by Gasteiger charge is 2.35. The highest BCUT2D eigenvalue weighted by Crippen LogP contribution is 2.50. The lowest BCUT2D eigenvalue weighted by Gasteiger charge is -2.24. The number of hydrogen-bond donors (Lipinski definition) is 0. The molecule has 0 N–H and O–H groups in total. The van der Waals surface area contributed by atoms with Gasteiger partial charge in [0.05, 0.1) is 16.6 Å². The molecule has 2 aromatic heterocycles. The average Bonchev–Trinajstić information content (AvgIpc) is 3.72. The van der Waals surface area contributed by atoms with Crippen LogP contribution in [-0.4, -0.2) is 9.13 Å². The number of para-hydroxylation sites is 3. The van der Waals surface area contributed by atoms with Crippen LogP contribution in [0.15, 0.2) is 140 Å². The number of fused-ring (bicyclic) bond motifs is 9. The van der Waals surface area contributed by atoms with E-state index in [1.165, 1.54) is 88.7 Å². The van der Waals surface area contributed by atoms with Crippen molar-refractivity contribution in [1.29, 1.82) is 0 Å². The average molecular weight is 617 g/mol. The Hall–Kier alpha value is -5.60. The molecule has 2 aliphatic carbocycles. The van der Waals surface area contributed by atoms with Crippen molar-refractivity contribution in [3.63, 3.8) is 0 Å². The van der Waals surface area contributed by atoms with E-state index in [1.807, 2.05) is 0 Å². The van der Waals surface area contributed by atoms with Crippen LogP contribution in [0.1, 0.15) is 61.1 Å². The lowest BCUT2D eigenvalue weighted by molar-refractivity contribution is 0.660. The second kappa shape index (κ2) is 9.95. The minimum absolute atomic E-state index is 0.0412. The number of aromatic nitrogens is 2. The van der Waals surface area contributed by atoms with E-state index in [0.29, 0.717) is 5.92 Å².